The fourth-order valence-corrected chi connectivity index (χ4v) is 2.49. The molecule has 2 aliphatic heterocycles. The van der Waals surface area contributed by atoms with E-state index in [4.69, 9.17) is 21.6 Å². The van der Waals surface area contributed by atoms with Gasteiger partial charge in [0.1, 0.15) is 0 Å². The summed E-state index contributed by atoms with van der Waals surface area (Å²) in [6.45, 7) is 1.58. The number of anilines is 1. The number of nitrogens with zero attached hydrogens (tertiary/aromatic N) is 2. The minimum atomic E-state index is -3.17. The molecule has 0 aliphatic carbocycles. The molecule has 20 heavy (non-hydrogen) atoms. The van der Waals surface area contributed by atoms with Crippen molar-refractivity contribution in [3.8, 4) is 0 Å². The molecule has 2 fully saturated rings. The van der Waals surface area contributed by atoms with E-state index in [0.29, 0.717) is 4.90 Å². The summed E-state index contributed by atoms with van der Waals surface area (Å²) in [6, 6.07) is 0. The summed E-state index contributed by atoms with van der Waals surface area (Å²) in [5.74, 6) is 0. The molecule has 0 aromatic carbocycles. The van der Waals surface area contributed by atoms with Crippen LogP contribution in [-0.4, -0.2) is 49.4 Å². The Hall–Kier alpha value is -0.625. The second-order valence-electron chi connectivity index (χ2n) is 5.55. The van der Waals surface area contributed by atoms with Crippen molar-refractivity contribution in [2.24, 2.45) is 0 Å². The highest BCUT2D eigenvalue weighted by atomic mass is 32.1. The van der Waals surface area contributed by atoms with Gasteiger partial charge in [-0.05, 0) is 27.7 Å². The average Bonchev–Trinajstić information content (AvgIpc) is 2.93. The number of hydrogen-bond donors (Lipinski definition) is 0. The van der Waals surface area contributed by atoms with Crippen molar-refractivity contribution < 1.29 is 26.4 Å². The van der Waals surface area contributed by atoms with Crippen LogP contribution in [0.15, 0.2) is 6.17 Å². The smallest absolute Gasteiger partial charge is 0.399 e. The number of aromatic nitrogens is 1. The number of ether oxygens (including phenoxy) is 1. The van der Waals surface area contributed by atoms with Gasteiger partial charge in [0.2, 0.25) is 0 Å². The molecular weight excluding hydrogens is 275 g/mol. The molecule has 110 valence electrons. The molecule has 0 bridgehead atoms. The van der Waals surface area contributed by atoms with Crippen LogP contribution in [0.1, 0.15) is 40.0 Å². The summed E-state index contributed by atoms with van der Waals surface area (Å²) < 4.78 is 86.4. The Bertz CT molecular complexity index is 797. The van der Waals surface area contributed by atoms with Crippen LogP contribution in [0.2, 0.25) is 0 Å². The lowest BCUT2D eigenvalue weighted by Gasteiger charge is -2.37. The first kappa shape index (κ1) is 7.09. The number of methoxy groups -OCH3 is 1. The highest BCUT2D eigenvalue weighted by Gasteiger charge is 2.52. The van der Waals surface area contributed by atoms with Gasteiger partial charge in [0, 0.05) is 26.2 Å². The fourth-order valence-electron chi connectivity index (χ4n) is 1.74. The number of rotatable bonds is 3. The molecule has 0 amide bonds. The number of thiazole rings is 1. The Kier molecular flexibility index (Phi) is 1.66. The summed E-state index contributed by atoms with van der Waals surface area (Å²) in [6.07, 6.45) is -3.31. The second kappa shape index (κ2) is 4.69. The van der Waals surface area contributed by atoms with Crippen molar-refractivity contribution in [2.75, 3.05) is 24.9 Å². The third kappa shape index (κ3) is 2.26. The quantitative estimate of drug-likeness (QED) is 0.787. The Labute approximate surface area is 137 Å². The molecule has 3 rings (SSSR count). The van der Waals surface area contributed by atoms with E-state index in [1.165, 1.54) is 0 Å². The highest BCUT2D eigenvalue weighted by molar-refractivity contribution is 7.25. The molecule has 0 atom stereocenters. The zero-order valence-electron chi connectivity index (χ0n) is 20.6. The van der Waals surface area contributed by atoms with E-state index < -0.39 is 44.4 Å². The van der Waals surface area contributed by atoms with Crippen molar-refractivity contribution in [1.82, 2.24) is 4.98 Å². The van der Waals surface area contributed by atoms with Gasteiger partial charge in [0.15, 0.2) is 5.13 Å². The molecule has 2 aliphatic rings. The third-order valence-electron chi connectivity index (χ3n) is 3.65. The zero-order chi connectivity index (χ0) is 22.4. The first-order valence-electron chi connectivity index (χ1n) is 10.6. The number of hydrogen-bond acceptors (Lipinski definition) is 6. The van der Waals surface area contributed by atoms with Gasteiger partial charge in [-0.2, -0.15) is 0 Å². The second-order valence-corrected chi connectivity index (χ2v) is 6.56. The van der Waals surface area contributed by atoms with Crippen LogP contribution in [0.3, 0.4) is 0 Å². The molecule has 0 radical (unpaired) electrons. The molecule has 3 heterocycles. The molecule has 0 saturated carbocycles. The van der Waals surface area contributed by atoms with Crippen molar-refractivity contribution in [3.05, 3.63) is 6.17 Å². The van der Waals surface area contributed by atoms with Crippen LogP contribution >= 0.6 is 11.3 Å². The Morgan fingerprint density at radius 1 is 1.55 bits per heavy atom. The third-order valence-corrected chi connectivity index (χ3v) is 4.61. The predicted molar refractivity (Wildman–Crippen MR) is 80.8 cm³/mol. The molecule has 5 nitrogen and oxygen atoms in total. The predicted octanol–water partition coefficient (Wildman–Crippen LogP) is 1.28. The monoisotopic (exact) mass is 305 g/mol. The van der Waals surface area contributed by atoms with Gasteiger partial charge in [0.25, 0.3) is 0 Å². The van der Waals surface area contributed by atoms with Crippen molar-refractivity contribution in [2.45, 2.75) is 45.0 Å². The summed E-state index contributed by atoms with van der Waals surface area (Å²) in [4.78, 5) is 4.43. The van der Waals surface area contributed by atoms with Gasteiger partial charge in [-0.3, -0.25) is 0 Å². The molecule has 1 aromatic heterocycles. The van der Waals surface area contributed by atoms with Crippen LogP contribution in [0.4, 0.5) is 5.13 Å². The van der Waals surface area contributed by atoms with Crippen molar-refractivity contribution in [3.63, 3.8) is 0 Å². The van der Waals surface area contributed by atoms with Crippen LogP contribution in [-0.2, 0) is 14.0 Å². The minimum Gasteiger partial charge on any atom is -0.399 e. The van der Waals surface area contributed by atoms with Crippen LogP contribution in [0.25, 0.3) is 0 Å². The van der Waals surface area contributed by atoms with E-state index in [1.54, 1.807) is 0 Å². The minimum absolute atomic E-state index is 0.212. The lowest BCUT2D eigenvalue weighted by Crippen LogP contribution is -2.51. The van der Waals surface area contributed by atoms with E-state index >= 15 is 0 Å². The van der Waals surface area contributed by atoms with E-state index in [0.717, 1.165) is 11.3 Å². The summed E-state index contributed by atoms with van der Waals surface area (Å²) >= 11 is 0.783. The maximum absolute atomic E-state index is 8.11. The zero-order valence-corrected chi connectivity index (χ0v) is 12.4. The van der Waals surface area contributed by atoms with Gasteiger partial charge in [-0.25, -0.2) is 4.98 Å². The van der Waals surface area contributed by atoms with E-state index in [1.807, 2.05) is 27.7 Å². The first-order valence-corrected chi connectivity index (χ1v) is 6.92. The normalized spacial score (nSPS) is 38.9. The Morgan fingerprint density at radius 2 is 2.20 bits per heavy atom. The standard InChI is InChI=1S/C13H21BN2O3S/c1-12(2)13(3,4)19-14(18-12)10-6-15-11(20-10)16-7-9(8-16)17-5/h6,9H,7-8H2,1-5H3/i5D3,6D,7D2,8D2,9D. The fraction of sp³-hybridized carbons (Fsp3) is 0.769. The Balaban J connectivity index is 1.95. The first-order chi connectivity index (χ1) is 12.8. The maximum atomic E-state index is 8.11. The van der Waals surface area contributed by atoms with E-state index in [9.17, 15) is 0 Å². The van der Waals surface area contributed by atoms with Crippen LogP contribution < -0.4 is 9.68 Å². The van der Waals surface area contributed by atoms with Gasteiger partial charge < -0.3 is 18.9 Å². The molecular formula is C13H21BN2O3S. The summed E-state index contributed by atoms with van der Waals surface area (Å²) in [7, 11) is -4.12. The topological polar surface area (TPSA) is 43.8 Å². The molecule has 1 aromatic rings. The lowest BCUT2D eigenvalue weighted by molar-refractivity contribution is 0.00578. The average molecular weight is 305 g/mol. The largest absolute Gasteiger partial charge is 0.507 e. The summed E-state index contributed by atoms with van der Waals surface area (Å²) in [5.41, 5.74) is -1.36. The lowest BCUT2D eigenvalue weighted by atomic mass is 9.89. The maximum Gasteiger partial charge on any atom is 0.507 e. The van der Waals surface area contributed by atoms with Crippen molar-refractivity contribution >= 4 is 28.4 Å². The van der Waals surface area contributed by atoms with Gasteiger partial charge in [-0.15, -0.1) is 11.3 Å². The van der Waals surface area contributed by atoms with Crippen LogP contribution in [0, 0.1) is 0 Å². The highest BCUT2D eigenvalue weighted by Crippen LogP contribution is 2.37. The Morgan fingerprint density at radius 3 is 2.80 bits per heavy atom. The van der Waals surface area contributed by atoms with E-state index in [-0.39, 0.29) is 16.1 Å². The van der Waals surface area contributed by atoms with E-state index in [2.05, 4.69) is 9.72 Å². The molecule has 7 heteroatoms. The van der Waals surface area contributed by atoms with Crippen molar-refractivity contribution in [1.29, 1.82) is 0 Å². The van der Waals surface area contributed by atoms with Gasteiger partial charge >= 0.3 is 7.12 Å². The molecule has 0 spiro atoms. The molecule has 0 unspecified atom stereocenters. The molecule has 0 N–H and O–H groups in total. The van der Waals surface area contributed by atoms with Gasteiger partial charge in [-0.1, -0.05) is 0 Å². The SMILES string of the molecule is [2H]c1nc(N2C([2H])([2H])C([2H])(OC([2H])([2H])[2H])C2([2H])[2H])sc1B1OC(C)(C)C(C)(C)O1. The summed E-state index contributed by atoms with van der Waals surface area (Å²) in [5, 5.41) is -0.244. The van der Waals surface area contributed by atoms with Gasteiger partial charge in [0.05, 0.1) is 34.4 Å². The molecule has 2 saturated heterocycles. The van der Waals surface area contributed by atoms with Crippen LogP contribution in [0.5, 0.6) is 0 Å².